The van der Waals surface area contributed by atoms with Crippen molar-refractivity contribution in [3.05, 3.63) is 113 Å². The van der Waals surface area contributed by atoms with Crippen molar-refractivity contribution in [2.75, 3.05) is 24.1 Å². The van der Waals surface area contributed by atoms with E-state index in [9.17, 15) is 9.18 Å². The molecule has 0 unspecified atom stereocenters. The van der Waals surface area contributed by atoms with Crippen LogP contribution in [0.2, 0.25) is 0 Å². The molecule has 3 aromatic heterocycles. The van der Waals surface area contributed by atoms with Crippen LogP contribution in [0.25, 0.3) is 33.4 Å². The van der Waals surface area contributed by atoms with Crippen LogP contribution < -0.4 is 16.3 Å². The quantitative estimate of drug-likeness (QED) is 0.207. The van der Waals surface area contributed by atoms with Gasteiger partial charge in [-0.1, -0.05) is 46.4 Å². The van der Waals surface area contributed by atoms with Crippen LogP contribution in [0.4, 0.5) is 26.1 Å². The number of aromatic nitrogens is 3. The van der Waals surface area contributed by atoms with Crippen LogP contribution in [0.1, 0.15) is 18.4 Å². The Hall–Kier alpha value is -4.89. The highest BCUT2D eigenvalue weighted by atomic mass is 19.2. The number of aryl methyl sites for hydroxylation is 1. The van der Waals surface area contributed by atoms with Crippen molar-refractivity contribution in [3.8, 4) is 33.4 Å². The first-order valence-electron chi connectivity index (χ1n) is 14.2. The number of hydrogen-bond donors (Lipinski definition) is 1. The van der Waals surface area contributed by atoms with Gasteiger partial charge in [0.1, 0.15) is 17.3 Å². The number of ether oxygens (including phenoxy) is 1. The molecule has 6 rings (SSSR count). The topological polar surface area (TPSA) is 86.3 Å². The number of benzene rings is 2. The van der Waals surface area contributed by atoms with Crippen molar-refractivity contribution in [3.63, 3.8) is 0 Å². The normalized spacial score (nSPS) is 13.7. The molecule has 218 valence electrons. The highest BCUT2D eigenvalue weighted by Crippen LogP contribution is 2.33. The van der Waals surface area contributed by atoms with E-state index in [2.05, 4.69) is 9.97 Å². The smallest absolute Gasteiger partial charge is 0.215 e. The molecule has 0 spiro atoms. The fourth-order valence-corrected chi connectivity index (χ4v) is 5.40. The molecule has 0 saturated carbocycles. The summed E-state index contributed by atoms with van der Waals surface area (Å²) in [5.74, 6) is 0.154. The Labute approximate surface area is 248 Å². The summed E-state index contributed by atoms with van der Waals surface area (Å²) in [7, 11) is 0. The number of nitrogens with two attached hydrogens (primary N) is 1. The van der Waals surface area contributed by atoms with Crippen LogP contribution in [-0.4, -0.2) is 27.7 Å². The molecule has 9 heteroatoms. The third kappa shape index (κ3) is 6.03. The second kappa shape index (κ2) is 12.1. The lowest BCUT2D eigenvalue weighted by Gasteiger charge is -2.24. The molecule has 0 amide bonds. The van der Waals surface area contributed by atoms with Gasteiger partial charge in [-0.15, -0.1) is 0 Å². The molecule has 1 aliphatic heterocycles. The van der Waals surface area contributed by atoms with Crippen LogP contribution in [-0.2, 0) is 11.3 Å². The molecule has 0 atom stereocenters. The molecule has 5 aromatic rings. The van der Waals surface area contributed by atoms with Gasteiger partial charge in [0.25, 0.3) is 0 Å². The summed E-state index contributed by atoms with van der Waals surface area (Å²) >= 11 is 0. The van der Waals surface area contributed by atoms with Crippen molar-refractivity contribution in [1.29, 1.82) is 0 Å². The van der Waals surface area contributed by atoms with E-state index in [4.69, 9.17) is 10.5 Å². The standard InChI is InChI=1S/C34H31F2N5O2/c1-22-2-4-25(5-3-22)30-20-40(19-23-11-14-43-15-12-23)21-32(33(30)42)41(36)27-8-6-24(7-9-27)29-16-26(17-39-34(29)37)28-10-13-38-18-31(28)35/h2-10,13,16-18,20-21,23H,11-12,14-15,19H2,1H3,(H2,37,39). The lowest BCUT2D eigenvalue weighted by molar-refractivity contribution is 0.0612. The molecule has 2 aromatic carbocycles. The Balaban J connectivity index is 1.34. The molecule has 0 aliphatic carbocycles. The zero-order chi connectivity index (χ0) is 29.9. The maximum atomic E-state index is 16.1. The maximum absolute atomic E-state index is 16.1. The lowest BCUT2D eigenvalue weighted by Crippen LogP contribution is -2.23. The molecule has 43 heavy (non-hydrogen) atoms. The van der Waals surface area contributed by atoms with E-state index >= 15 is 4.48 Å². The van der Waals surface area contributed by atoms with Gasteiger partial charge in [0, 0.05) is 66.8 Å². The van der Waals surface area contributed by atoms with E-state index in [1.165, 1.54) is 12.4 Å². The zero-order valence-electron chi connectivity index (χ0n) is 23.7. The first-order chi connectivity index (χ1) is 20.9. The summed E-state index contributed by atoms with van der Waals surface area (Å²) in [6.45, 7) is 4.03. The van der Waals surface area contributed by atoms with Gasteiger partial charge in [-0.3, -0.25) is 9.78 Å². The Morgan fingerprint density at radius 2 is 1.63 bits per heavy atom. The van der Waals surface area contributed by atoms with E-state index in [1.54, 1.807) is 42.6 Å². The number of pyridine rings is 3. The number of halogens is 2. The minimum Gasteiger partial charge on any atom is -0.383 e. The molecule has 2 N–H and O–H groups in total. The molecule has 1 fully saturated rings. The van der Waals surface area contributed by atoms with Crippen molar-refractivity contribution >= 4 is 17.2 Å². The second-order valence-electron chi connectivity index (χ2n) is 10.8. The summed E-state index contributed by atoms with van der Waals surface area (Å²) < 4.78 is 37.9. The second-order valence-corrected chi connectivity index (χ2v) is 10.8. The van der Waals surface area contributed by atoms with Gasteiger partial charge >= 0.3 is 0 Å². The Bertz CT molecular complexity index is 1800. The first kappa shape index (κ1) is 28.2. The predicted molar refractivity (Wildman–Crippen MR) is 165 cm³/mol. The van der Waals surface area contributed by atoms with E-state index in [-0.39, 0.29) is 17.2 Å². The summed E-state index contributed by atoms with van der Waals surface area (Å²) in [6.07, 6.45) is 9.37. The number of nitrogen functional groups attached to an aromatic ring is 1. The summed E-state index contributed by atoms with van der Waals surface area (Å²) in [6, 6.07) is 17.5. The summed E-state index contributed by atoms with van der Waals surface area (Å²) in [5, 5.41) is 0.425. The fraction of sp³-hybridized carbons (Fsp3) is 0.206. The highest BCUT2D eigenvalue weighted by Gasteiger charge is 2.20. The van der Waals surface area contributed by atoms with Crippen molar-refractivity contribution < 1.29 is 13.6 Å². The molecular formula is C34H31F2N5O2. The van der Waals surface area contributed by atoms with Gasteiger partial charge in [-0.25, -0.2) is 9.37 Å². The minimum atomic E-state index is -0.473. The SMILES string of the molecule is Cc1ccc(-c2cn(CC3CCOCC3)cc(N(F)c3ccc(-c4cc(-c5ccncc5F)cnc4N)cc3)c2=O)cc1. The average molecular weight is 580 g/mol. The fourth-order valence-electron chi connectivity index (χ4n) is 5.40. The molecular weight excluding hydrogens is 548 g/mol. The van der Waals surface area contributed by atoms with E-state index < -0.39 is 11.2 Å². The van der Waals surface area contributed by atoms with E-state index in [0.717, 1.165) is 30.2 Å². The molecule has 1 saturated heterocycles. The third-order valence-electron chi connectivity index (χ3n) is 7.85. The van der Waals surface area contributed by atoms with Crippen LogP contribution >= 0.6 is 0 Å². The van der Waals surface area contributed by atoms with Crippen LogP contribution in [0.15, 0.2) is 96.4 Å². The number of hydrogen-bond acceptors (Lipinski definition) is 6. The lowest BCUT2D eigenvalue weighted by atomic mass is 9.99. The van der Waals surface area contributed by atoms with Crippen molar-refractivity contribution in [2.24, 2.45) is 5.92 Å². The van der Waals surface area contributed by atoms with E-state index in [1.807, 2.05) is 42.0 Å². The van der Waals surface area contributed by atoms with Gasteiger partial charge in [0.05, 0.1) is 11.9 Å². The summed E-state index contributed by atoms with van der Waals surface area (Å²) in [5.41, 5.74) is 10.2. The Morgan fingerprint density at radius 1 is 0.930 bits per heavy atom. The first-order valence-corrected chi connectivity index (χ1v) is 14.2. The van der Waals surface area contributed by atoms with Crippen molar-refractivity contribution in [1.82, 2.24) is 14.5 Å². The minimum absolute atomic E-state index is 0.0748. The van der Waals surface area contributed by atoms with Gasteiger partial charge in [-0.2, -0.15) is 5.12 Å². The van der Waals surface area contributed by atoms with Gasteiger partial charge in [0.15, 0.2) is 0 Å². The number of rotatable bonds is 7. The predicted octanol–water partition coefficient (Wildman–Crippen LogP) is 7.12. The van der Waals surface area contributed by atoms with Crippen LogP contribution in [0.5, 0.6) is 0 Å². The third-order valence-corrected chi connectivity index (χ3v) is 7.85. The number of anilines is 3. The van der Waals surface area contributed by atoms with Crippen LogP contribution in [0.3, 0.4) is 0 Å². The van der Waals surface area contributed by atoms with E-state index in [0.29, 0.717) is 58.6 Å². The number of nitrogens with zero attached hydrogens (tertiary/aromatic N) is 4. The zero-order valence-corrected chi connectivity index (χ0v) is 23.7. The Kier molecular flexibility index (Phi) is 7.98. The molecule has 4 heterocycles. The van der Waals surface area contributed by atoms with Gasteiger partial charge < -0.3 is 15.0 Å². The molecule has 1 aliphatic rings. The molecule has 0 radical (unpaired) electrons. The van der Waals surface area contributed by atoms with Crippen LogP contribution in [0, 0.1) is 18.7 Å². The maximum Gasteiger partial charge on any atom is 0.215 e. The largest absolute Gasteiger partial charge is 0.383 e. The van der Waals surface area contributed by atoms with Crippen molar-refractivity contribution in [2.45, 2.75) is 26.3 Å². The van der Waals surface area contributed by atoms with Gasteiger partial charge in [0.2, 0.25) is 5.43 Å². The monoisotopic (exact) mass is 579 g/mol. The molecule has 0 bridgehead atoms. The highest BCUT2D eigenvalue weighted by molar-refractivity contribution is 5.80. The van der Waals surface area contributed by atoms with Gasteiger partial charge in [-0.05, 0) is 61.1 Å². The average Bonchev–Trinajstić information content (AvgIpc) is 3.03. The Morgan fingerprint density at radius 3 is 2.35 bits per heavy atom. The summed E-state index contributed by atoms with van der Waals surface area (Å²) in [4.78, 5) is 21.7. The molecule has 7 nitrogen and oxygen atoms in total.